The second-order valence-corrected chi connectivity index (χ2v) is 11.1. The van der Waals surface area contributed by atoms with Gasteiger partial charge in [0.15, 0.2) is 0 Å². The Kier molecular flexibility index (Phi) is 6.70. The van der Waals surface area contributed by atoms with Crippen LogP contribution in [0.5, 0.6) is 0 Å². The lowest BCUT2D eigenvalue weighted by atomic mass is 9.57. The summed E-state index contributed by atoms with van der Waals surface area (Å²) in [6.07, 6.45) is 6.21. The Morgan fingerprint density at radius 3 is 2.58 bits per heavy atom. The monoisotopic (exact) mass is 456 g/mol. The molecule has 0 spiro atoms. The highest BCUT2D eigenvalue weighted by Gasteiger charge is 2.61. The van der Waals surface area contributed by atoms with Crippen LogP contribution in [0.1, 0.15) is 70.6 Å². The van der Waals surface area contributed by atoms with Crippen LogP contribution in [-0.2, 0) is 17.9 Å². The van der Waals surface area contributed by atoms with Crippen LogP contribution in [0.15, 0.2) is 47.1 Å². The molecule has 2 saturated carbocycles. The maximum absolute atomic E-state index is 13.3. The molecule has 3 N–H and O–H groups in total. The van der Waals surface area contributed by atoms with Gasteiger partial charge >= 0.3 is 0 Å². The molecule has 4 rings (SSSR count). The van der Waals surface area contributed by atoms with E-state index in [1.54, 1.807) is 6.26 Å². The van der Waals surface area contributed by atoms with Crippen LogP contribution in [0, 0.1) is 22.6 Å². The topological polar surface area (TPSA) is 74.5 Å². The lowest BCUT2D eigenvalue weighted by Crippen LogP contribution is -2.51. The van der Waals surface area contributed by atoms with E-state index in [2.05, 4.69) is 24.5 Å². The van der Waals surface area contributed by atoms with Crippen LogP contribution in [0.25, 0.3) is 0 Å². The summed E-state index contributed by atoms with van der Waals surface area (Å²) in [5.41, 5.74) is 0.370. The number of halogens is 1. The number of nitrogens with one attached hydrogen (secondary N) is 2. The molecule has 2 fully saturated rings. The van der Waals surface area contributed by atoms with Crippen molar-refractivity contribution in [3.05, 3.63) is 59.8 Å². The molecule has 5 nitrogen and oxygen atoms in total. The summed E-state index contributed by atoms with van der Waals surface area (Å²) in [5.74, 6) is 0.859. The van der Waals surface area contributed by atoms with Crippen molar-refractivity contribution >= 4 is 5.91 Å². The van der Waals surface area contributed by atoms with Crippen molar-refractivity contribution in [3.63, 3.8) is 0 Å². The fourth-order valence-electron chi connectivity index (χ4n) is 6.39. The molecule has 4 atom stereocenters. The van der Waals surface area contributed by atoms with E-state index >= 15 is 0 Å². The van der Waals surface area contributed by atoms with Crippen LogP contribution in [0.2, 0.25) is 0 Å². The molecule has 1 heterocycles. The molecular formula is C27H37FN2O3. The van der Waals surface area contributed by atoms with Gasteiger partial charge in [0, 0.05) is 19.0 Å². The minimum atomic E-state index is -0.668. The highest BCUT2D eigenvalue weighted by Crippen LogP contribution is 2.63. The van der Waals surface area contributed by atoms with E-state index in [0.29, 0.717) is 25.4 Å². The predicted molar refractivity (Wildman–Crippen MR) is 126 cm³/mol. The maximum atomic E-state index is 13.3. The number of furan rings is 1. The average molecular weight is 457 g/mol. The second kappa shape index (κ2) is 9.22. The third-order valence-corrected chi connectivity index (χ3v) is 8.16. The lowest BCUT2D eigenvalue weighted by Gasteiger charge is -2.51. The van der Waals surface area contributed by atoms with Gasteiger partial charge in [-0.05, 0) is 85.6 Å². The lowest BCUT2D eigenvalue weighted by molar-refractivity contribution is -0.123. The minimum absolute atomic E-state index is 0.0267. The molecule has 0 radical (unpaired) electrons. The summed E-state index contributed by atoms with van der Waals surface area (Å²) < 4.78 is 18.6. The van der Waals surface area contributed by atoms with Gasteiger partial charge < -0.3 is 20.2 Å². The first-order valence-electron chi connectivity index (χ1n) is 12.1. The van der Waals surface area contributed by atoms with Gasteiger partial charge in [-0.25, -0.2) is 4.39 Å². The van der Waals surface area contributed by atoms with Gasteiger partial charge in [-0.3, -0.25) is 4.79 Å². The standard InChI is InChI=1S/C27H37FN2O3/c1-25(2)16-23(29-17-19-6-8-20(28)9-7-19)27(13-12-26(3,32)15-22(25)27)11-10-24(31)30-18-21-5-4-14-33-21/h4-9,14,22-23,29,32H,10-13,15-18H2,1-3H3,(H,30,31)/t22-,23-,26+,27+/m0/s1. The largest absolute Gasteiger partial charge is 0.467 e. The van der Waals surface area contributed by atoms with E-state index in [-0.39, 0.29) is 28.6 Å². The Morgan fingerprint density at radius 2 is 1.88 bits per heavy atom. The fourth-order valence-corrected chi connectivity index (χ4v) is 6.39. The molecule has 0 saturated heterocycles. The SMILES string of the molecule is CC1(C)C[C@H](NCc2ccc(F)cc2)[C@]2(CCC(=O)NCc3ccco3)CC[C@@](C)(O)C[C@@H]12. The Balaban J connectivity index is 1.49. The molecule has 6 heteroatoms. The van der Waals surface area contributed by atoms with Gasteiger partial charge in [-0.1, -0.05) is 26.0 Å². The maximum Gasteiger partial charge on any atom is 0.220 e. The summed E-state index contributed by atoms with van der Waals surface area (Å²) >= 11 is 0. The Bertz CT molecular complexity index is 939. The summed E-state index contributed by atoms with van der Waals surface area (Å²) in [5, 5.41) is 17.7. The highest BCUT2D eigenvalue weighted by atomic mass is 19.1. The third-order valence-electron chi connectivity index (χ3n) is 8.16. The van der Waals surface area contributed by atoms with Gasteiger partial charge in [-0.15, -0.1) is 0 Å². The molecule has 1 amide bonds. The fraction of sp³-hybridized carbons (Fsp3) is 0.593. The van der Waals surface area contributed by atoms with Crippen LogP contribution < -0.4 is 10.6 Å². The molecule has 1 aromatic heterocycles. The third kappa shape index (κ3) is 5.33. The number of carbonyl (C=O) groups excluding carboxylic acids is 1. The van der Waals surface area contributed by atoms with Crippen molar-refractivity contribution in [2.45, 2.75) is 84.0 Å². The van der Waals surface area contributed by atoms with Crippen LogP contribution in [0.4, 0.5) is 4.39 Å². The van der Waals surface area contributed by atoms with Crippen molar-refractivity contribution in [2.75, 3.05) is 0 Å². The molecule has 1 aromatic carbocycles. The van der Waals surface area contributed by atoms with Crippen molar-refractivity contribution in [2.24, 2.45) is 16.7 Å². The van der Waals surface area contributed by atoms with Crippen molar-refractivity contribution in [1.82, 2.24) is 10.6 Å². The Morgan fingerprint density at radius 1 is 1.12 bits per heavy atom. The quantitative estimate of drug-likeness (QED) is 0.526. The molecule has 2 aliphatic carbocycles. The smallest absolute Gasteiger partial charge is 0.220 e. The van der Waals surface area contributed by atoms with Crippen LogP contribution in [-0.4, -0.2) is 22.7 Å². The first-order chi connectivity index (χ1) is 15.6. The number of aliphatic hydroxyl groups is 1. The van der Waals surface area contributed by atoms with E-state index in [1.807, 2.05) is 31.2 Å². The van der Waals surface area contributed by atoms with E-state index in [4.69, 9.17) is 4.42 Å². The van der Waals surface area contributed by atoms with Crippen molar-refractivity contribution < 1.29 is 18.7 Å². The molecule has 2 aromatic rings. The second-order valence-electron chi connectivity index (χ2n) is 11.1. The number of hydrogen-bond acceptors (Lipinski definition) is 4. The molecule has 33 heavy (non-hydrogen) atoms. The van der Waals surface area contributed by atoms with Crippen molar-refractivity contribution in [1.29, 1.82) is 0 Å². The van der Waals surface area contributed by atoms with Gasteiger partial charge in [0.05, 0.1) is 18.4 Å². The summed E-state index contributed by atoms with van der Waals surface area (Å²) in [6, 6.07) is 10.5. The molecule has 180 valence electrons. The number of amides is 1. The van der Waals surface area contributed by atoms with Gasteiger partial charge in [0.2, 0.25) is 5.91 Å². The highest BCUT2D eigenvalue weighted by molar-refractivity contribution is 5.75. The van der Waals surface area contributed by atoms with E-state index in [0.717, 1.165) is 43.4 Å². The average Bonchev–Trinajstić information content (AvgIpc) is 3.35. The molecular weight excluding hydrogens is 419 g/mol. The molecule has 0 bridgehead atoms. The zero-order valence-corrected chi connectivity index (χ0v) is 20.0. The summed E-state index contributed by atoms with van der Waals surface area (Å²) in [7, 11) is 0. The van der Waals surface area contributed by atoms with Crippen molar-refractivity contribution in [3.8, 4) is 0 Å². The zero-order valence-electron chi connectivity index (χ0n) is 20.0. The van der Waals surface area contributed by atoms with Gasteiger partial charge in [-0.2, -0.15) is 0 Å². The Labute approximate surface area is 196 Å². The predicted octanol–water partition coefficient (Wildman–Crippen LogP) is 4.94. The van der Waals surface area contributed by atoms with E-state index < -0.39 is 5.60 Å². The number of hydrogen-bond donors (Lipinski definition) is 3. The molecule has 0 unspecified atom stereocenters. The van der Waals surface area contributed by atoms with E-state index in [9.17, 15) is 14.3 Å². The first kappa shape index (κ1) is 24.0. The molecule has 2 aliphatic rings. The number of carbonyl (C=O) groups is 1. The van der Waals surface area contributed by atoms with Gasteiger partial charge in [0.25, 0.3) is 0 Å². The van der Waals surface area contributed by atoms with E-state index in [1.165, 1.54) is 12.1 Å². The Hall–Kier alpha value is -2.18. The summed E-state index contributed by atoms with van der Waals surface area (Å²) in [6.45, 7) is 7.60. The number of benzene rings is 1. The normalized spacial score (nSPS) is 30.7. The first-order valence-corrected chi connectivity index (χ1v) is 12.1. The number of fused-ring (bicyclic) bond motifs is 1. The number of rotatable bonds is 8. The zero-order chi connectivity index (χ0) is 23.7. The van der Waals surface area contributed by atoms with Crippen LogP contribution >= 0.6 is 0 Å². The van der Waals surface area contributed by atoms with Gasteiger partial charge in [0.1, 0.15) is 11.6 Å². The summed E-state index contributed by atoms with van der Waals surface area (Å²) in [4.78, 5) is 12.7. The van der Waals surface area contributed by atoms with Crippen LogP contribution in [0.3, 0.4) is 0 Å². The minimum Gasteiger partial charge on any atom is -0.467 e. The molecule has 0 aliphatic heterocycles.